The molecule has 0 rings (SSSR count). The number of carboxylic acid groups (broad SMARTS) is 4. The first-order valence-corrected chi connectivity index (χ1v) is 1.22. The smallest absolute Gasteiger partial charge is 0.652 e. The fourth-order valence-electron chi connectivity index (χ4n) is 0. The maximum atomic E-state index is 8.33. The van der Waals surface area contributed by atoms with E-state index < -0.39 is 12.3 Å². The molecule has 0 aliphatic heterocycles. The first kappa shape index (κ1) is 22.7. The van der Waals surface area contributed by atoms with E-state index in [0.717, 1.165) is 0 Å². The van der Waals surface area contributed by atoms with Crippen molar-refractivity contribution in [2.45, 2.75) is 0 Å². The van der Waals surface area contributed by atoms with Crippen LogP contribution in [-0.2, 0) is 34.1 Å². The molecule has 0 atom stereocenters. The second kappa shape index (κ2) is 15.8. The van der Waals surface area contributed by atoms with Gasteiger partial charge in [-0.15, -0.1) is 0 Å². The van der Waals surface area contributed by atoms with Gasteiger partial charge >= 0.3 is 34.1 Å². The van der Waals surface area contributed by atoms with Crippen LogP contribution >= 0.6 is 0 Å². The van der Waals surface area contributed by atoms with Crippen molar-refractivity contribution < 1.29 is 64.2 Å². The van der Waals surface area contributed by atoms with Gasteiger partial charge in [0.2, 0.25) is 0 Å². The maximum absolute atomic E-state index is 8.33. The SMILES string of the molecule is O=C([O-])[O-].O=C([O-])[O-].[Cu+2].[Cu+2]. The van der Waals surface area contributed by atoms with E-state index in [1.54, 1.807) is 0 Å². The van der Waals surface area contributed by atoms with E-state index >= 15 is 0 Å². The van der Waals surface area contributed by atoms with E-state index in [1.807, 2.05) is 0 Å². The third kappa shape index (κ3) is 1850. The quantitative estimate of drug-likeness (QED) is 0.395. The van der Waals surface area contributed by atoms with Gasteiger partial charge in [-0.2, -0.15) is 0 Å². The number of hydrogen-bond donors (Lipinski definition) is 0. The van der Waals surface area contributed by atoms with Crippen LogP contribution in [-0.4, -0.2) is 12.3 Å². The molecule has 66 valence electrons. The summed E-state index contributed by atoms with van der Waals surface area (Å²) in [6.45, 7) is 0. The molecule has 8 heteroatoms. The van der Waals surface area contributed by atoms with E-state index in [4.69, 9.17) is 30.0 Å². The van der Waals surface area contributed by atoms with Crippen LogP contribution in [0.25, 0.3) is 0 Å². The summed E-state index contributed by atoms with van der Waals surface area (Å²) in [6, 6.07) is 0. The zero-order valence-electron chi connectivity index (χ0n) is 4.05. The molecule has 0 bridgehead atoms. The van der Waals surface area contributed by atoms with Gasteiger partial charge in [-0.1, -0.05) is 0 Å². The zero-order chi connectivity index (χ0) is 7.15. The Bertz CT molecular complexity index is 71.7. The van der Waals surface area contributed by atoms with Crippen LogP contribution in [0.3, 0.4) is 0 Å². The predicted molar refractivity (Wildman–Crippen MR) is 10.8 cm³/mol. The van der Waals surface area contributed by atoms with E-state index in [1.165, 1.54) is 0 Å². The van der Waals surface area contributed by atoms with Gasteiger partial charge in [0.05, 0.1) is 0 Å². The molecule has 10 heavy (non-hydrogen) atoms. The molecule has 0 heterocycles. The van der Waals surface area contributed by atoms with Gasteiger partial charge in [-0.25, -0.2) is 0 Å². The van der Waals surface area contributed by atoms with E-state index in [0.29, 0.717) is 0 Å². The topological polar surface area (TPSA) is 126 Å². The Morgan fingerprint density at radius 1 is 0.700 bits per heavy atom. The average molecular weight is 247 g/mol. The third-order valence-corrected chi connectivity index (χ3v) is 0. The van der Waals surface area contributed by atoms with E-state index in [-0.39, 0.29) is 34.1 Å². The Labute approximate surface area is 76.8 Å². The van der Waals surface area contributed by atoms with Gasteiger partial charge in [0, 0.05) is 0 Å². The van der Waals surface area contributed by atoms with Crippen molar-refractivity contribution in [2.75, 3.05) is 0 Å². The van der Waals surface area contributed by atoms with Crippen LogP contribution in [0.1, 0.15) is 0 Å². The Hall–Kier alpha value is -0.421. The Kier molecular flexibility index (Phi) is 35.9. The molecule has 0 spiro atoms. The summed E-state index contributed by atoms with van der Waals surface area (Å²) in [7, 11) is 0. The van der Waals surface area contributed by atoms with Crippen LogP contribution in [0.15, 0.2) is 0 Å². The van der Waals surface area contributed by atoms with Crippen LogP contribution in [0.5, 0.6) is 0 Å². The normalized spacial score (nSPS) is 4.80. The first-order chi connectivity index (χ1) is 3.46. The molecule has 0 saturated carbocycles. The van der Waals surface area contributed by atoms with Gasteiger partial charge in [0.1, 0.15) is 0 Å². The molecule has 0 saturated heterocycles. The minimum atomic E-state index is -2.33. The first-order valence-electron chi connectivity index (χ1n) is 1.22. The van der Waals surface area contributed by atoms with Gasteiger partial charge in [-0.3, -0.25) is 0 Å². The van der Waals surface area contributed by atoms with Gasteiger partial charge in [0.15, 0.2) is 0 Å². The molecule has 0 aliphatic rings. The molecule has 0 aliphatic carbocycles. The fourth-order valence-corrected chi connectivity index (χ4v) is 0. The largest absolute Gasteiger partial charge is 2.00 e. The van der Waals surface area contributed by atoms with Crippen molar-refractivity contribution in [3.05, 3.63) is 0 Å². The van der Waals surface area contributed by atoms with Crippen LogP contribution in [0.2, 0.25) is 0 Å². The molecule has 0 aromatic heterocycles. The maximum Gasteiger partial charge on any atom is 2.00 e. The van der Waals surface area contributed by atoms with Crippen molar-refractivity contribution in [3.8, 4) is 0 Å². The van der Waals surface area contributed by atoms with Crippen LogP contribution < -0.4 is 20.4 Å². The van der Waals surface area contributed by atoms with E-state index in [2.05, 4.69) is 0 Å². The van der Waals surface area contributed by atoms with Crippen LogP contribution in [0, 0.1) is 0 Å². The molecule has 0 unspecified atom stereocenters. The molecule has 2 radical (unpaired) electrons. The second-order valence-electron chi connectivity index (χ2n) is 0.500. The standard InChI is InChI=1S/2CH2O3.2Cu/c2*2-1(3)4;;/h2*(H2,2,3,4);;/q;;2*+2/p-4. The molecule has 0 fully saturated rings. The van der Waals surface area contributed by atoms with Crippen LogP contribution in [0.4, 0.5) is 9.59 Å². The number of carbonyl (C=O) groups excluding carboxylic acids is 2. The minimum absolute atomic E-state index is 0. The monoisotopic (exact) mass is 246 g/mol. The van der Waals surface area contributed by atoms with Crippen molar-refractivity contribution in [1.82, 2.24) is 0 Å². The zero-order valence-corrected chi connectivity index (χ0v) is 5.94. The minimum Gasteiger partial charge on any atom is -0.652 e. The molecule has 0 aromatic carbocycles. The average Bonchev–Trinajstić information content (AvgIpc) is 1.25. The van der Waals surface area contributed by atoms with E-state index in [9.17, 15) is 0 Å². The Balaban J connectivity index is -0.0000000300. The summed E-state index contributed by atoms with van der Waals surface area (Å²) >= 11 is 0. The summed E-state index contributed by atoms with van der Waals surface area (Å²) in [6.07, 6.45) is -4.67. The summed E-state index contributed by atoms with van der Waals surface area (Å²) in [5.74, 6) is 0. The third-order valence-electron chi connectivity index (χ3n) is 0. The molecule has 0 aromatic rings. The molecule has 0 N–H and O–H groups in total. The molecular formula is C2Cu2O6. The Morgan fingerprint density at radius 3 is 0.700 bits per heavy atom. The number of rotatable bonds is 0. The molecule has 6 nitrogen and oxygen atoms in total. The van der Waals surface area contributed by atoms with Gasteiger partial charge in [0.25, 0.3) is 0 Å². The Morgan fingerprint density at radius 2 is 0.700 bits per heavy atom. The van der Waals surface area contributed by atoms with Crippen molar-refractivity contribution in [1.29, 1.82) is 0 Å². The fraction of sp³-hybridized carbons (Fsp3) is 0. The molecule has 0 amide bonds. The summed E-state index contributed by atoms with van der Waals surface area (Å²) in [4.78, 5) is 16.7. The van der Waals surface area contributed by atoms with Gasteiger partial charge in [-0.05, 0) is 12.3 Å². The molecular weight excluding hydrogens is 247 g/mol. The number of carbonyl (C=O) groups is 2. The van der Waals surface area contributed by atoms with Gasteiger partial charge < -0.3 is 30.0 Å². The number of hydrogen-bond acceptors (Lipinski definition) is 6. The van der Waals surface area contributed by atoms with Crippen molar-refractivity contribution >= 4 is 12.3 Å². The summed E-state index contributed by atoms with van der Waals surface area (Å²) < 4.78 is 0. The summed E-state index contributed by atoms with van der Waals surface area (Å²) in [5, 5.41) is 33.3. The predicted octanol–water partition coefficient (Wildman–Crippen LogP) is -4.90. The van der Waals surface area contributed by atoms with Crippen molar-refractivity contribution in [2.24, 2.45) is 0 Å². The van der Waals surface area contributed by atoms with Crippen molar-refractivity contribution in [3.63, 3.8) is 0 Å². The summed E-state index contributed by atoms with van der Waals surface area (Å²) in [5.41, 5.74) is 0. The second-order valence-corrected chi connectivity index (χ2v) is 0.500.